The zero-order valence-electron chi connectivity index (χ0n) is 10.0. The quantitative estimate of drug-likeness (QED) is 0.628. The van der Waals surface area contributed by atoms with Gasteiger partial charge in [-0.15, -0.1) is 0 Å². The number of anilines is 1. The number of nitrogens with one attached hydrogen (secondary N) is 2. The Morgan fingerprint density at radius 1 is 1.50 bits per heavy atom. The van der Waals surface area contributed by atoms with Gasteiger partial charge in [0.25, 0.3) is 0 Å². The first-order chi connectivity index (χ1) is 8.47. The summed E-state index contributed by atoms with van der Waals surface area (Å²) in [6.07, 6.45) is 1.45. The third-order valence-corrected chi connectivity index (χ3v) is 3.56. The summed E-state index contributed by atoms with van der Waals surface area (Å²) in [6, 6.07) is 2.97. The third kappa shape index (κ3) is 3.97. The van der Waals surface area contributed by atoms with Gasteiger partial charge >= 0.3 is 0 Å². The summed E-state index contributed by atoms with van der Waals surface area (Å²) >= 11 is 0. The highest BCUT2D eigenvalue weighted by molar-refractivity contribution is 7.89. The van der Waals surface area contributed by atoms with Crippen molar-refractivity contribution < 1.29 is 13.2 Å². The van der Waals surface area contributed by atoms with Crippen molar-refractivity contribution in [1.82, 2.24) is 9.71 Å². The van der Waals surface area contributed by atoms with E-state index in [9.17, 15) is 13.2 Å². The topological polar surface area (TPSA) is 114 Å². The Morgan fingerprint density at radius 2 is 2.22 bits per heavy atom. The fraction of sp³-hybridized carbons (Fsp3) is 0.400. The maximum atomic E-state index is 12.0. The van der Waals surface area contributed by atoms with E-state index in [4.69, 9.17) is 5.73 Å². The lowest BCUT2D eigenvalue weighted by atomic mass is 10.4. The average molecular weight is 272 g/mol. The Bertz CT molecular complexity index is 516. The number of rotatable bonds is 7. The Morgan fingerprint density at radius 3 is 2.83 bits per heavy atom. The number of hydrogen-bond acceptors (Lipinski definition) is 5. The monoisotopic (exact) mass is 272 g/mol. The zero-order chi connectivity index (χ0) is 13.6. The van der Waals surface area contributed by atoms with Crippen molar-refractivity contribution in [3.63, 3.8) is 0 Å². The van der Waals surface area contributed by atoms with Gasteiger partial charge in [0.15, 0.2) is 0 Å². The van der Waals surface area contributed by atoms with Gasteiger partial charge in [-0.05, 0) is 19.1 Å². The number of pyridine rings is 1. The van der Waals surface area contributed by atoms with Gasteiger partial charge in [-0.2, -0.15) is 0 Å². The highest BCUT2D eigenvalue weighted by Gasteiger charge is 2.18. The molecule has 0 aliphatic heterocycles. The third-order valence-electron chi connectivity index (χ3n) is 2.07. The molecule has 4 N–H and O–H groups in total. The molecule has 100 valence electrons. The molecule has 0 radical (unpaired) electrons. The number of nitrogens with two attached hydrogens (primary N) is 1. The fourth-order valence-electron chi connectivity index (χ4n) is 1.29. The predicted molar refractivity (Wildman–Crippen MR) is 67.4 cm³/mol. The molecule has 1 amide bonds. The number of hydrogen-bond donors (Lipinski definition) is 3. The van der Waals surface area contributed by atoms with E-state index >= 15 is 0 Å². The van der Waals surface area contributed by atoms with Crippen molar-refractivity contribution in [2.24, 2.45) is 5.73 Å². The van der Waals surface area contributed by atoms with Gasteiger partial charge < -0.3 is 11.1 Å². The van der Waals surface area contributed by atoms with Gasteiger partial charge in [-0.1, -0.05) is 0 Å². The first kappa shape index (κ1) is 14.4. The molecule has 1 aromatic heterocycles. The van der Waals surface area contributed by atoms with E-state index in [-0.39, 0.29) is 23.7 Å². The molecule has 1 aromatic rings. The molecule has 0 saturated carbocycles. The minimum Gasteiger partial charge on any atom is -0.370 e. The first-order valence-electron chi connectivity index (χ1n) is 5.44. The maximum Gasteiger partial charge on any atom is 0.244 e. The predicted octanol–water partition coefficient (Wildman–Crippen LogP) is -0.333. The van der Waals surface area contributed by atoms with Crippen LogP contribution >= 0.6 is 0 Å². The summed E-state index contributed by atoms with van der Waals surface area (Å²) in [7, 11) is -3.69. The second-order valence-electron chi connectivity index (χ2n) is 3.49. The SMILES string of the molecule is CCNc1ncccc1S(=O)(=O)NCCC(N)=O. The molecule has 7 nitrogen and oxygen atoms in total. The maximum absolute atomic E-state index is 12.0. The number of amides is 1. The van der Waals surface area contributed by atoms with Crippen LogP contribution < -0.4 is 15.8 Å². The van der Waals surface area contributed by atoms with Gasteiger partial charge in [0.2, 0.25) is 15.9 Å². The summed E-state index contributed by atoms with van der Waals surface area (Å²) in [4.78, 5) is 14.6. The summed E-state index contributed by atoms with van der Waals surface area (Å²) in [5.41, 5.74) is 4.94. The van der Waals surface area contributed by atoms with Crippen LogP contribution in [0.4, 0.5) is 5.82 Å². The molecule has 0 aromatic carbocycles. The van der Waals surface area contributed by atoms with E-state index in [0.29, 0.717) is 6.54 Å². The molecule has 0 aliphatic carbocycles. The minimum atomic E-state index is -3.69. The van der Waals surface area contributed by atoms with E-state index < -0.39 is 15.9 Å². The lowest BCUT2D eigenvalue weighted by Gasteiger charge is -2.10. The van der Waals surface area contributed by atoms with Crippen molar-refractivity contribution in [3.05, 3.63) is 18.3 Å². The number of carbonyl (C=O) groups is 1. The number of nitrogens with zero attached hydrogens (tertiary/aromatic N) is 1. The Labute approximate surface area is 106 Å². The molecule has 0 fully saturated rings. The van der Waals surface area contributed by atoms with Crippen molar-refractivity contribution in [2.75, 3.05) is 18.4 Å². The molecule has 0 saturated heterocycles. The van der Waals surface area contributed by atoms with Crippen LogP contribution in [0.2, 0.25) is 0 Å². The lowest BCUT2D eigenvalue weighted by Crippen LogP contribution is -2.28. The summed E-state index contributed by atoms with van der Waals surface area (Å²) in [5, 5.41) is 2.86. The Balaban J connectivity index is 2.87. The van der Waals surface area contributed by atoms with Crippen LogP contribution in [-0.4, -0.2) is 32.4 Å². The van der Waals surface area contributed by atoms with Crippen LogP contribution in [0.5, 0.6) is 0 Å². The molecule has 8 heteroatoms. The summed E-state index contributed by atoms with van der Waals surface area (Å²) < 4.78 is 26.2. The van der Waals surface area contributed by atoms with Gasteiger partial charge in [-0.3, -0.25) is 4.79 Å². The molecule has 0 atom stereocenters. The standard InChI is InChI=1S/C10H16N4O3S/c1-2-12-10-8(4-3-6-13-10)18(16,17)14-7-5-9(11)15/h3-4,6,14H,2,5,7H2,1H3,(H2,11,15)(H,12,13). The first-order valence-corrected chi connectivity index (χ1v) is 6.92. The summed E-state index contributed by atoms with van der Waals surface area (Å²) in [6.45, 7) is 2.37. The smallest absolute Gasteiger partial charge is 0.244 e. The molecule has 1 heterocycles. The number of aromatic nitrogens is 1. The molecular formula is C10H16N4O3S. The van der Waals surface area contributed by atoms with Gasteiger partial charge in [0.1, 0.15) is 10.7 Å². The highest BCUT2D eigenvalue weighted by Crippen LogP contribution is 2.17. The van der Waals surface area contributed by atoms with Crippen molar-refractivity contribution in [1.29, 1.82) is 0 Å². The van der Waals surface area contributed by atoms with E-state index in [0.717, 1.165) is 0 Å². The van der Waals surface area contributed by atoms with E-state index in [1.807, 2.05) is 6.92 Å². The Kier molecular flexibility index (Phi) is 5.05. The van der Waals surface area contributed by atoms with Crippen LogP contribution in [0.3, 0.4) is 0 Å². The van der Waals surface area contributed by atoms with E-state index in [2.05, 4.69) is 15.0 Å². The fourth-order valence-corrected chi connectivity index (χ4v) is 2.46. The molecule has 0 unspecified atom stereocenters. The number of primary amides is 1. The largest absolute Gasteiger partial charge is 0.370 e. The van der Waals surface area contributed by atoms with Crippen LogP contribution in [0.15, 0.2) is 23.2 Å². The van der Waals surface area contributed by atoms with Crippen molar-refractivity contribution in [3.8, 4) is 0 Å². The van der Waals surface area contributed by atoms with Crippen LogP contribution in [0.25, 0.3) is 0 Å². The summed E-state index contributed by atoms with van der Waals surface area (Å²) in [5.74, 6) is -0.276. The van der Waals surface area contributed by atoms with E-state index in [1.54, 1.807) is 0 Å². The van der Waals surface area contributed by atoms with Crippen molar-refractivity contribution >= 4 is 21.7 Å². The van der Waals surface area contributed by atoms with Crippen molar-refractivity contribution in [2.45, 2.75) is 18.2 Å². The molecule has 0 bridgehead atoms. The molecular weight excluding hydrogens is 256 g/mol. The number of sulfonamides is 1. The second kappa shape index (κ2) is 6.31. The van der Waals surface area contributed by atoms with Crippen LogP contribution in [0, 0.1) is 0 Å². The minimum absolute atomic E-state index is 0.0296. The molecule has 18 heavy (non-hydrogen) atoms. The molecule has 1 rings (SSSR count). The normalized spacial score (nSPS) is 11.2. The van der Waals surface area contributed by atoms with Crippen LogP contribution in [0.1, 0.15) is 13.3 Å². The lowest BCUT2D eigenvalue weighted by molar-refractivity contribution is -0.117. The van der Waals surface area contributed by atoms with Gasteiger partial charge in [-0.25, -0.2) is 18.1 Å². The molecule has 0 spiro atoms. The zero-order valence-corrected chi connectivity index (χ0v) is 10.8. The second-order valence-corrected chi connectivity index (χ2v) is 5.23. The highest BCUT2D eigenvalue weighted by atomic mass is 32.2. The number of carbonyl (C=O) groups excluding carboxylic acids is 1. The Hall–Kier alpha value is -1.67. The van der Waals surface area contributed by atoms with Gasteiger partial charge in [0, 0.05) is 25.7 Å². The van der Waals surface area contributed by atoms with Gasteiger partial charge in [0.05, 0.1) is 0 Å². The van der Waals surface area contributed by atoms with Crippen LogP contribution in [-0.2, 0) is 14.8 Å². The molecule has 0 aliphatic rings. The average Bonchev–Trinajstić information content (AvgIpc) is 2.29. The van der Waals surface area contributed by atoms with E-state index in [1.165, 1.54) is 18.3 Å².